The minimum Gasteiger partial charge on any atom is -0.354 e. The minimum absolute atomic E-state index is 0.181. The molecule has 6 nitrogen and oxygen atoms in total. The van der Waals surface area contributed by atoms with E-state index in [0.717, 1.165) is 37.6 Å². The third-order valence-corrected chi connectivity index (χ3v) is 4.49. The third kappa shape index (κ3) is 3.98. The van der Waals surface area contributed by atoms with Crippen molar-refractivity contribution in [1.29, 1.82) is 0 Å². The molecule has 3 heterocycles. The van der Waals surface area contributed by atoms with Gasteiger partial charge in [-0.05, 0) is 30.8 Å². The average Bonchev–Trinajstić information content (AvgIpc) is 2.61. The van der Waals surface area contributed by atoms with Gasteiger partial charge in [-0.15, -0.1) is 0 Å². The van der Waals surface area contributed by atoms with Crippen molar-refractivity contribution in [3.8, 4) is 0 Å². The maximum Gasteiger partial charge on any atom is 0.254 e. The number of anilines is 1. The molecule has 0 spiro atoms. The molecule has 0 saturated carbocycles. The van der Waals surface area contributed by atoms with E-state index in [-0.39, 0.29) is 5.91 Å². The Bertz CT molecular complexity index is 750. The van der Waals surface area contributed by atoms with E-state index in [4.69, 9.17) is 12.2 Å². The lowest BCUT2D eigenvalue weighted by atomic mass is 10.2. The molecular weight excluding hydrogens is 322 g/mol. The van der Waals surface area contributed by atoms with Crippen LogP contribution in [0.25, 0.3) is 0 Å². The van der Waals surface area contributed by atoms with Gasteiger partial charge in [0.05, 0.1) is 5.56 Å². The lowest BCUT2D eigenvalue weighted by Crippen LogP contribution is -2.44. The number of amides is 1. The highest BCUT2D eigenvalue weighted by molar-refractivity contribution is 7.71. The smallest absolute Gasteiger partial charge is 0.254 e. The first kappa shape index (κ1) is 16.6. The Labute approximate surface area is 146 Å². The van der Waals surface area contributed by atoms with Gasteiger partial charge < -0.3 is 20.1 Å². The van der Waals surface area contributed by atoms with Crippen LogP contribution in [0.2, 0.25) is 0 Å². The standard InChI is InChI=1S/C17H21N5OS/c1-21-7-9-22(10-8-21)15-5-4-13(11-19-15)12-20-16(23)14-3-2-6-18-17(14)24/h2-6,11H,7-10,12H2,1H3,(H,18,24)(H,20,23). The quantitative estimate of drug-likeness (QED) is 0.829. The van der Waals surface area contributed by atoms with Crippen LogP contribution in [0.5, 0.6) is 0 Å². The summed E-state index contributed by atoms with van der Waals surface area (Å²) in [6.07, 6.45) is 3.53. The van der Waals surface area contributed by atoms with Crippen molar-refractivity contribution in [1.82, 2.24) is 20.2 Å². The number of nitrogens with zero attached hydrogens (tertiary/aromatic N) is 3. The molecule has 0 radical (unpaired) electrons. The first-order chi connectivity index (χ1) is 11.6. The Morgan fingerprint density at radius 2 is 2.08 bits per heavy atom. The van der Waals surface area contributed by atoms with Gasteiger partial charge in [0.15, 0.2) is 0 Å². The van der Waals surface area contributed by atoms with Crippen LogP contribution in [0.15, 0.2) is 36.7 Å². The van der Waals surface area contributed by atoms with Gasteiger partial charge in [-0.1, -0.05) is 18.3 Å². The fourth-order valence-corrected chi connectivity index (χ4v) is 2.85. The fourth-order valence-electron chi connectivity index (χ4n) is 2.62. The van der Waals surface area contributed by atoms with Crippen molar-refractivity contribution in [2.45, 2.75) is 6.54 Å². The largest absolute Gasteiger partial charge is 0.354 e. The molecule has 1 saturated heterocycles. The van der Waals surface area contributed by atoms with Crippen LogP contribution in [-0.4, -0.2) is 54.0 Å². The summed E-state index contributed by atoms with van der Waals surface area (Å²) in [6.45, 7) is 4.52. The molecule has 1 amide bonds. The molecule has 0 unspecified atom stereocenters. The molecule has 0 bridgehead atoms. The topological polar surface area (TPSA) is 64.3 Å². The third-order valence-electron chi connectivity index (χ3n) is 4.15. The molecule has 2 N–H and O–H groups in total. The van der Waals surface area contributed by atoms with Crippen LogP contribution in [0.1, 0.15) is 15.9 Å². The maximum absolute atomic E-state index is 12.2. The summed E-state index contributed by atoms with van der Waals surface area (Å²) in [5, 5.41) is 2.87. The SMILES string of the molecule is CN1CCN(c2ccc(CNC(=O)c3ccc[nH]c3=S)cn2)CC1. The number of H-pyrrole nitrogens is 1. The first-order valence-corrected chi connectivity index (χ1v) is 8.38. The minimum atomic E-state index is -0.181. The van der Waals surface area contributed by atoms with E-state index in [1.807, 2.05) is 18.3 Å². The number of carbonyl (C=O) groups excluding carboxylic acids is 1. The van der Waals surface area contributed by atoms with Crippen LogP contribution < -0.4 is 10.2 Å². The normalized spacial score (nSPS) is 15.3. The second-order valence-corrected chi connectivity index (χ2v) is 6.32. The van der Waals surface area contributed by atoms with Gasteiger partial charge in [0.25, 0.3) is 5.91 Å². The van der Waals surface area contributed by atoms with Gasteiger partial charge in [0, 0.05) is 45.1 Å². The Balaban J connectivity index is 1.58. The van der Waals surface area contributed by atoms with Gasteiger partial charge >= 0.3 is 0 Å². The molecule has 1 fully saturated rings. The number of hydrogen-bond acceptors (Lipinski definition) is 5. The molecule has 3 rings (SSSR count). The van der Waals surface area contributed by atoms with Gasteiger partial charge in [0.1, 0.15) is 10.5 Å². The Kier molecular flexibility index (Phi) is 5.22. The van der Waals surface area contributed by atoms with E-state index in [0.29, 0.717) is 16.7 Å². The summed E-state index contributed by atoms with van der Waals surface area (Å²) in [5.74, 6) is 0.809. The number of rotatable bonds is 4. The number of likely N-dealkylation sites (N-methyl/N-ethyl adjacent to an activating group) is 1. The molecule has 1 aliphatic heterocycles. The zero-order chi connectivity index (χ0) is 16.9. The number of aromatic nitrogens is 2. The van der Waals surface area contributed by atoms with Crippen LogP contribution >= 0.6 is 12.2 Å². The molecule has 1 aliphatic rings. The van der Waals surface area contributed by atoms with E-state index in [1.165, 1.54) is 0 Å². The number of carbonyl (C=O) groups is 1. The average molecular weight is 343 g/mol. The number of nitrogens with one attached hydrogen (secondary N) is 2. The first-order valence-electron chi connectivity index (χ1n) is 7.98. The zero-order valence-corrected chi connectivity index (χ0v) is 14.5. The molecule has 0 atom stereocenters. The predicted molar refractivity (Wildman–Crippen MR) is 96.7 cm³/mol. The summed E-state index contributed by atoms with van der Waals surface area (Å²) < 4.78 is 0.443. The molecule has 7 heteroatoms. The Morgan fingerprint density at radius 1 is 1.29 bits per heavy atom. The van der Waals surface area contributed by atoms with Crippen LogP contribution in [0.4, 0.5) is 5.82 Å². The van der Waals surface area contributed by atoms with Gasteiger partial charge in [0.2, 0.25) is 0 Å². The number of hydrogen-bond donors (Lipinski definition) is 2. The monoisotopic (exact) mass is 343 g/mol. The zero-order valence-electron chi connectivity index (χ0n) is 13.7. The van der Waals surface area contributed by atoms with E-state index in [9.17, 15) is 4.79 Å². The molecule has 2 aromatic rings. The molecule has 2 aromatic heterocycles. The molecule has 0 aromatic carbocycles. The summed E-state index contributed by atoms with van der Waals surface area (Å²) in [7, 11) is 2.13. The van der Waals surface area contributed by atoms with Crippen molar-refractivity contribution in [2.24, 2.45) is 0 Å². The molecule has 24 heavy (non-hydrogen) atoms. The lowest BCUT2D eigenvalue weighted by Gasteiger charge is -2.33. The maximum atomic E-state index is 12.2. The number of piperazine rings is 1. The molecule has 126 valence electrons. The van der Waals surface area contributed by atoms with Crippen molar-refractivity contribution >= 4 is 23.9 Å². The number of aromatic amines is 1. The molecular formula is C17H21N5OS. The summed E-state index contributed by atoms with van der Waals surface area (Å²) >= 11 is 5.12. The van der Waals surface area contributed by atoms with Crippen LogP contribution in [-0.2, 0) is 6.54 Å². The second kappa shape index (κ2) is 7.55. The highest BCUT2D eigenvalue weighted by atomic mass is 32.1. The highest BCUT2D eigenvalue weighted by Crippen LogP contribution is 2.13. The van der Waals surface area contributed by atoms with Crippen LogP contribution in [0.3, 0.4) is 0 Å². The van der Waals surface area contributed by atoms with Crippen LogP contribution in [0, 0.1) is 4.64 Å². The van der Waals surface area contributed by atoms with Crippen molar-refractivity contribution in [3.05, 3.63) is 52.4 Å². The van der Waals surface area contributed by atoms with Crippen molar-refractivity contribution < 1.29 is 4.79 Å². The Hall–Kier alpha value is -2.25. The van der Waals surface area contributed by atoms with Crippen molar-refractivity contribution in [2.75, 3.05) is 38.1 Å². The van der Waals surface area contributed by atoms with E-state index < -0.39 is 0 Å². The van der Waals surface area contributed by atoms with Crippen molar-refractivity contribution in [3.63, 3.8) is 0 Å². The Morgan fingerprint density at radius 3 is 2.75 bits per heavy atom. The summed E-state index contributed by atoms with van der Waals surface area (Å²) in [4.78, 5) is 24.1. The van der Waals surface area contributed by atoms with E-state index in [2.05, 4.69) is 32.1 Å². The highest BCUT2D eigenvalue weighted by Gasteiger charge is 2.15. The van der Waals surface area contributed by atoms with Gasteiger partial charge in [-0.3, -0.25) is 4.79 Å². The predicted octanol–water partition coefficient (Wildman–Crippen LogP) is 1.82. The fraction of sp³-hybridized carbons (Fsp3) is 0.353. The summed E-state index contributed by atoms with van der Waals surface area (Å²) in [5.41, 5.74) is 1.45. The van der Waals surface area contributed by atoms with E-state index >= 15 is 0 Å². The lowest BCUT2D eigenvalue weighted by molar-refractivity contribution is 0.0950. The summed E-state index contributed by atoms with van der Waals surface area (Å²) in [6, 6.07) is 7.49. The van der Waals surface area contributed by atoms with Gasteiger partial charge in [-0.2, -0.15) is 0 Å². The molecule has 0 aliphatic carbocycles. The van der Waals surface area contributed by atoms with Gasteiger partial charge in [-0.25, -0.2) is 4.98 Å². The number of pyridine rings is 2. The second-order valence-electron chi connectivity index (χ2n) is 5.91. The van der Waals surface area contributed by atoms with E-state index in [1.54, 1.807) is 18.3 Å².